The van der Waals surface area contributed by atoms with E-state index < -0.39 is 0 Å². The molecule has 1 aromatic rings. The smallest absolute Gasteiger partial charge is 0.120 e. The van der Waals surface area contributed by atoms with Crippen LogP contribution in [0.2, 0.25) is 5.02 Å². The van der Waals surface area contributed by atoms with E-state index in [1.165, 1.54) is 0 Å². The van der Waals surface area contributed by atoms with E-state index in [0.29, 0.717) is 18.2 Å². The monoisotopic (exact) mass is 263 g/mol. The van der Waals surface area contributed by atoms with Crippen molar-refractivity contribution in [2.24, 2.45) is 5.41 Å². The van der Waals surface area contributed by atoms with Gasteiger partial charge < -0.3 is 9.47 Å². The van der Waals surface area contributed by atoms with Crippen molar-refractivity contribution in [3.63, 3.8) is 0 Å². The average Bonchev–Trinajstić information content (AvgIpc) is 3.11. The number of halogens is 1. The molecule has 4 heteroatoms. The van der Waals surface area contributed by atoms with Gasteiger partial charge in [-0.25, -0.2) is 0 Å². The second-order valence-corrected chi connectivity index (χ2v) is 5.52. The summed E-state index contributed by atoms with van der Waals surface area (Å²) in [5, 5.41) is 10.1. The normalized spacial score (nSPS) is 22.7. The Bertz CT molecular complexity index is 527. The van der Waals surface area contributed by atoms with Crippen LogP contribution in [0.4, 0.5) is 0 Å². The Hall–Kier alpha value is -1.24. The summed E-state index contributed by atoms with van der Waals surface area (Å²) in [6, 6.07) is 8.16. The van der Waals surface area contributed by atoms with Crippen molar-refractivity contribution in [2.45, 2.75) is 18.3 Å². The Kier molecular flexibility index (Phi) is 2.55. The lowest BCUT2D eigenvalue weighted by Crippen LogP contribution is -2.53. The maximum Gasteiger partial charge on any atom is 0.120 e. The van der Waals surface area contributed by atoms with Gasteiger partial charge >= 0.3 is 0 Å². The zero-order valence-electron chi connectivity index (χ0n) is 10.2. The first-order valence-electron chi connectivity index (χ1n) is 6.00. The molecule has 1 aromatic carbocycles. The molecule has 0 N–H and O–H groups in total. The molecule has 2 aliphatic rings. The first kappa shape index (κ1) is 11.8. The van der Waals surface area contributed by atoms with Crippen molar-refractivity contribution in [2.75, 3.05) is 20.3 Å². The summed E-state index contributed by atoms with van der Waals surface area (Å²) >= 11 is 6.35. The largest absolute Gasteiger partial charge is 0.497 e. The summed E-state index contributed by atoms with van der Waals surface area (Å²) in [6.07, 6.45) is 1.88. The zero-order valence-corrected chi connectivity index (χ0v) is 11.0. The number of benzene rings is 1. The number of ether oxygens (including phenoxy) is 2. The summed E-state index contributed by atoms with van der Waals surface area (Å²) in [6.45, 7) is 1.18. The second kappa shape index (κ2) is 3.88. The number of hydrogen-bond acceptors (Lipinski definition) is 3. The molecule has 1 aliphatic heterocycles. The molecule has 0 amide bonds. The highest BCUT2D eigenvalue weighted by atomic mass is 35.5. The Labute approximate surface area is 111 Å². The molecular weight excluding hydrogens is 250 g/mol. The average molecular weight is 264 g/mol. The van der Waals surface area contributed by atoms with Crippen LogP contribution in [0.5, 0.6) is 5.75 Å². The van der Waals surface area contributed by atoms with Gasteiger partial charge in [0.1, 0.15) is 5.75 Å². The van der Waals surface area contributed by atoms with E-state index in [4.69, 9.17) is 21.1 Å². The van der Waals surface area contributed by atoms with Gasteiger partial charge in [-0.3, -0.25) is 0 Å². The molecular formula is C14H14ClNO2. The van der Waals surface area contributed by atoms with Crippen LogP contribution in [0.1, 0.15) is 18.4 Å². The standard InChI is InChI=1S/C14H14ClNO2/c1-17-10-2-3-11(12(15)6-10)14(8-18-9-14)13(7-16)4-5-13/h2-3,6H,4-5,8-9H2,1H3. The Morgan fingerprint density at radius 2 is 2.11 bits per heavy atom. The number of hydrogen-bond donors (Lipinski definition) is 0. The van der Waals surface area contributed by atoms with E-state index in [2.05, 4.69) is 6.07 Å². The SMILES string of the molecule is COc1ccc(C2(C3(C#N)CC3)COC2)c(Cl)c1. The number of rotatable bonds is 3. The van der Waals surface area contributed by atoms with Crippen molar-refractivity contribution >= 4 is 11.6 Å². The van der Waals surface area contributed by atoms with Gasteiger partial charge in [-0.2, -0.15) is 5.26 Å². The number of nitriles is 1. The molecule has 0 spiro atoms. The van der Waals surface area contributed by atoms with Crippen molar-refractivity contribution in [3.8, 4) is 11.8 Å². The molecule has 0 atom stereocenters. The molecule has 2 fully saturated rings. The van der Waals surface area contributed by atoms with Gasteiger partial charge in [0.15, 0.2) is 0 Å². The molecule has 3 rings (SSSR count). The predicted molar refractivity (Wildman–Crippen MR) is 67.8 cm³/mol. The molecule has 0 unspecified atom stereocenters. The molecule has 1 heterocycles. The van der Waals surface area contributed by atoms with Gasteiger partial charge in [0.2, 0.25) is 0 Å². The van der Waals surface area contributed by atoms with E-state index in [-0.39, 0.29) is 10.8 Å². The van der Waals surface area contributed by atoms with Gasteiger partial charge in [0, 0.05) is 5.02 Å². The van der Waals surface area contributed by atoms with E-state index in [0.717, 1.165) is 24.2 Å². The minimum atomic E-state index is -0.274. The van der Waals surface area contributed by atoms with E-state index >= 15 is 0 Å². The molecule has 1 aliphatic carbocycles. The lowest BCUT2D eigenvalue weighted by molar-refractivity contribution is -0.0866. The van der Waals surface area contributed by atoms with Crippen molar-refractivity contribution in [3.05, 3.63) is 28.8 Å². The summed E-state index contributed by atoms with van der Waals surface area (Å²) in [5.74, 6) is 0.737. The fourth-order valence-corrected chi connectivity index (χ4v) is 3.18. The fraction of sp³-hybridized carbons (Fsp3) is 0.500. The first-order valence-corrected chi connectivity index (χ1v) is 6.38. The minimum Gasteiger partial charge on any atom is -0.497 e. The fourth-order valence-electron chi connectivity index (χ4n) is 2.83. The highest BCUT2D eigenvalue weighted by Crippen LogP contribution is 2.63. The summed E-state index contributed by atoms with van der Waals surface area (Å²) in [4.78, 5) is 0. The van der Waals surface area contributed by atoms with Gasteiger partial charge in [0.25, 0.3) is 0 Å². The van der Waals surface area contributed by atoms with Gasteiger partial charge in [0.05, 0.1) is 37.2 Å². The third-order valence-electron chi connectivity index (χ3n) is 4.27. The molecule has 94 valence electrons. The second-order valence-electron chi connectivity index (χ2n) is 5.11. The van der Waals surface area contributed by atoms with Crippen LogP contribution in [0.15, 0.2) is 18.2 Å². The van der Waals surface area contributed by atoms with Gasteiger partial charge in [-0.1, -0.05) is 17.7 Å². The van der Waals surface area contributed by atoms with Crippen molar-refractivity contribution in [1.82, 2.24) is 0 Å². The summed E-state index contributed by atoms with van der Waals surface area (Å²) in [5.41, 5.74) is 0.532. The highest BCUT2D eigenvalue weighted by molar-refractivity contribution is 6.31. The highest BCUT2D eigenvalue weighted by Gasteiger charge is 2.65. The molecule has 1 saturated heterocycles. The van der Waals surface area contributed by atoms with Gasteiger partial charge in [-0.15, -0.1) is 0 Å². The zero-order chi connectivity index (χ0) is 12.8. The Balaban J connectivity index is 2.06. The molecule has 0 bridgehead atoms. The number of methoxy groups -OCH3 is 1. The lowest BCUT2D eigenvalue weighted by Gasteiger charge is -2.46. The van der Waals surface area contributed by atoms with Crippen molar-refractivity contribution < 1.29 is 9.47 Å². The van der Waals surface area contributed by atoms with Crippen LogP contribution in [-0.2, 0) is 10.2 Å². The lowest BCUT2D eigenvalue weighted by atomic mass is 9.66. The maximum atomic E-state index is 9.44. The minimum absolute atomic E-state index is 0.217. The molecule has 18 heavy (non-hydrogen) atoms. The van der Waals surface area contributed by atoms with E-state index in [9.17, 15) is 5.26 Å². The summed E-state index contributed by atoms with van der Waals surface area (Å²) in [7, 11) is 1.62. The third kappa shape index (κ3) is 1.39. The van der Waals surface area contributed by atoms with Crippen LogP contribution in [-0.4, -0.2) is 20.3 Å². The molecule has 0 aromatic heterocycles. The Morgan fingerprint density at radius 3 is 2.50 bits per heavy atom. The van der Waals surface area contributed by atoms with Crippen LogP contribution >= 0.6 is 11.6 Å². The first-order chi connectivity index (χ1) is 8.67. The van der Waals surface area contributed by atoms with E-state index in [1.54, 1.807) is 7.11 Å². The summed E-state index contributed by atoms with van der Waals surface area (Å²) < 4.78 is 10.6. The topological polar surface area (TPSA) is 42.2 Å². The van der Waals surface area contributed by atoms with E-state index in [1.807, 2.05) is 18.2 Å². The van der Waals surface area contributed by atoms with Gasteiger partial charge in [-0.05, 0) is 30.5 Å². The molecule has 3 nitrogen and oxygen atoms in total. The van der Waals surface area contributed by atoms with Crippen LogP contribution in [0.25, 0.3) is 0 Å². The molecule has 0 radical (unpaired) electrons. The maximum absolute atomic E-state index is 9.44. The Morgan fingerprint density at radius 1 is 1.39 bits per heavy atom. The quantitative estimate of drug-likeness (QED) is 0.842. The number of nitrogens with zero attached hydrogens (tertiary/aromatic N) is 1. The predicted octanol–water partition coefficient (Wildman–Crippen LogP) is 2.92. The van der Waals surface area contributed by atoms with Crippen molar-refractivity contribution in [1.29, 1.82) is 5.26 Å². The van der Waals surface area contributed by atoms with Crippen LogP contribution in [0.3, 0.4) is 0 Å². The third-order valence-corrected chi connectivity index (χ3v) is 4.58. The van der Waals surface area contributed by atoms with Crippen LogP contribution in [0, 0.1) is 16.7 Å². The molecule has 1 saturated carbocycles. The van der Waals surface area contributed by atoms with Crippen LogP contribution < -0.4 is 4.74 Å².